The molecule has 0 aliphatic carbocycles. The molecule has 0 fully saturated rings. The van der Waals surface area contributed by atoms with Crippen LogP contribution < -0.4 is 4.74 Å². The van der Waals surface area contributed by atoms with Gasteiger partial charge in [-0.25, -0.2) is 4.39 Å². The van der Waals surface area contributed by atoms with Gasteiger partial charge in [0.25, 0.3) is 0 Å². The van der Waals surface area contributed by atoms with Crippen LogP contribution in [0.3, 0.4) is 0 Å². The molecular weight excluding hydrogens is 207 g/mol. The van der Waals surface area contributed by atoms with Crippen LogP contribution in [0.4, 0.5) is 4.39 Å². The fraction of sp³-hybridized carbons (Fsp3) is 0.538. The predicted molar refractivity (Wildman–Crippen MR) is 62.0 cm³/mol. The first-order valence-electron chi connectivity index (χ1n) is 5.72. The van der Waals surface area contributed by atoms with E-state index in [1.165, 1.54) is 6.07 Å². The Balaban J connectivity index is 2.82. The SMILES string of the molecule is CCC(CC)Oc1ccc([C@@H](C)O)cc1F. The summed E-state index contributed by atoms with van der Waals surface area (Å²) in [4.78, 5) is 0. The predicted octanol–water partition coefficient (Wildman–Crippen LogP) is 3.45. The van der Waals surface area contributed by atoms with Crippen molar-refractivity contribution in [2.75, 3.05) is 0 Å². The largest absolute Gasteiger partial charge is 0.487 e. The lowest BCUT2D eigenvalue weighted by Gasteiger charge is -2.16. The lowest BCUT2D eigenvalue weighted by atomic mass is 10.1. The molecule has 1 aromatic rings. The Morgan fingerprint density at radius 3 is 2.38 bits per heavy atom. The number of aliphatic hydroxyl groups is 1. The van der Waals surface area contributed by atoms with Crippen LogP contribution in [0.1, 0.15) is 45.3 Å². The summed E-state index contributed by atoms with van der Waals surface area (Å²) in [5, 5.41) is 9.31. The maximum atomic E-state index is 13.6. The van der Waals surface area contributed by atoms with Gasteiger partial charge in [0.05, 0.1) is 12.2 Å². The van der Waals surface area contributed by atoms with Crippen molar-refractivity contribution in [3.8, 4) is 5.75 Å². The molecule has 2 nitrogen and oxygen atoms in total. The first kappa shape index (κ1) is 13.0. The second-order valence-corrected chi connectivity index (χ2v) is 3.92. The molecule has 0 saturated carbocycles. The molecule has 0 spiro atoms. The molecule has 0 amide bonds. The zero-order chi connectivity index (χ0) is 12.1. The topological polar surface area (TPSA) is 29.5 Å². The maximum Gasteiger partial charge on any atom is 0.165 e. The summed E-state index contributed by atoms with van der Waals surface area (Å²) in [6.07, 6.45) is 1.10. The van der Waals surface area contributed by atoms with Crippen molar-refractivity contribution in [3.05, 3.63) is 29.6 Å². The minimum Gasteiger partial charge on any atom is -0.487 e. The van der Waals surface area contributed by atoms with Crippen LogP contribution in [0, 0.1) is 5.82 Å². The third-order valence-corrected chi connectivity index (χ3v) is 2.64. The fourth-order valence-electron chi connectivity index (χ4n) is 1.51. The number of halogens is 1. The number of benzene rings is 1. The van der Waals surface area contributed by atoms with Crippen molar-refractivity contribution in [3.63, 3.8) is 0 Å². The Morgan fingerprint density at radius 2 is 1.94 bits per heavy atom. The first-order chi connectivity index (χ1) is 7.58. The smallest absolute Gasteiger partial charge is 0.165 e. The number of hydrogen-bond donors (Lipinski definition) is 1. The molecule has 0 aliphatic heterocycles. The minimum absolute atomic E-state index is 0.0481. The van der Waals surface area contributed by atoms with E-state index in [2.05, 4.69) is 0 Å². The maximum absolute atomic E-state index is 13.6. The van der Waals surface area contributed by atoms with Crippen molar-refractivity contribution in [1.82, 2.24) is 0 Å². The van der Waals surface area contributed by atoms with E-state index in [-0.39, 0.29) is 11.9 Å². The summed E-state index contributed by atoms with van der Waals surface area (Å²) in [5.74, 6) is -0.150. The van der Waals surface area contributed by atoms with E-state index in [0.29, 0.717) is 5.56 Å². The highest BCUT2D eigenvalue weighted by Crippen LogP contribution is 2.23. The quantitative estimate of drug-likeness (QED) is 0.833. The highest BCUT2D eigenvalue weighted by atomic mass is 19.1. The van der Waals surface area contributed by atoms with Crippen LogP contribution in [-0.4, -0.2) is 11.2 Å². The first-order valence-corrected chi connectivity index (χ1v) is 5.72. The van der Waals surface area contributed by atoms with Crippen molar-refractivity contribution in [2.45, 2.75) is 45.8 Å². The van der Waals surface area contributed by atoms with Gasteiger partial charge in [-0.1, -0.05) is 19.9 Å². The van der Waals surface area contributed by atoms with E-state index < -0.39 is 11.9 Å². The van der Waals surface area contributed by atoms with Gasteiger partial charge in [0.2, 0.25) is 0 Å². The normalized spacial score (nSPS) is 12.9. The second kappa shape index (κ2) is 5.85. The van der Waals surface area contributed by atoms with Crippen LogP contribution in [0.5, 0.6) is 5.75 Å². The Labute approximate surface area is 96.1 Å². The molecular formula is C13H19FO2. The Kier molecular flexibility index (Phi) is 4.74. The van der Waals surface area contributed by atoms with Crippen LogP contribution in [0.15, 0.2) is 18.2 Å². The lowest BCUT2D eigenvalue weighted by molar-refractivity contribution is 0.182. The van der Waals surface area contributed by atoms with Gasteiger partial charge in [-0.15, -0.1) is 0 Å². The highest BCUT2D eigenvalue weighted by Gasteiger charge is 2.11. The average Bonchev–Trinajstić information content (AvgIpc) is 2.27. The van der Waals surface area contributed by atoms with Gasteiger partial charge in [-0.05, 0) is 37.5 Å². The molecule has 0 radical (unpaired) electrons. The number of ether oxygens (including phenoxy) is 1. The lowest BCUT2D eigenvalue weighted by Crippen LogP contribution is -2.14. The van der Waals surface area contributed by atoms with Crippen molar-refractivity contribution < 1.29 is 14.2 Å². The van der Waals surface area contributed by atoms with E-state index in [0.717, 1.165) is 12.8 Å². The molecule has 0 saturated heterocycles. The van der Waals surface area contributed by atoms with Gasteiger partial charge < -0.3 is 9.84 Å². The van der Waals surface area contributed by atoms with Crippen molar-refractivity contribution in [2.24, 2.45) is 0 Å². The summed E-state index contributed by atoms with van der Waals surface area (Å²) < 4.78 is 19.1. The number of hydrogen-bond acceptors (Lipinski definition) is 2. The van der Waals surface area contributed by atoms with Gasteiger partial charge in [0, 0.05) is 0 Å². The molecule has 1 atom stereocenters. The monoisotopic (exact) mass is 226 g/mol. The molecule has 1 N–H and O–H groups in total. The van der Waals surface area contributed by atoms with E-state index in [1.807, 2.05) is 13.8 Å². The summed E-state index contributed by atoms with van der Waals surface area (Å²) >= 11 is 0. The van der Waals surface area contributed by atoms with E-state index >= 15 is 0 Å². The molecule has 0 aromatic heterocycles. The Bertz CT molecular complexity index is 333. The van der Waals surface area contributed by atoms with E-state index in [1.54, 1.807) is 19.1 Å². The Morgan fingerprint density at radius 1 is 1.31 bits per heavy atom. The summed E-state index contributed by atoms with van der Waals surface area (Å²) in [6.45, 7) is 5.63. The molecule has 3 heteroatoms. The van der Waals surface area contributed by atoms with Crippen LogP contribution in [0.2, 0.25) is 0 Å². The zero-order valence-electron chi connectivity index (χ0n) is 10.0. The zero-order valence-corrected chi connectivity index (χ0v) is 10.0. The number of rotatable bonds is 5. The van der Waals surface area contributed by atoms with Gasteiger partial charge in [-0.3, -0.25) is 0 Å². The third kappa shape index (κ3) is 3.20. The molecule has 0 unspecified atom stereocenters. The summed E-state index contributed by atoms with van der Waals surface area (Å²) in [5.41, 5.74) is 0.564. The second-order valence-electron chi connectivity index (χ2n) is 3.92. The van der Waals surface area contributed by atoms with E-state index in [4.69, 9.17) is 4.74 Å². The number of aliphatic hydroxyl groups excluding tert-OH is 1. The minimum atomic E-state index is -0.656. The van der Waals surface area contributed by atoms with Crippen LogP contribution in [-0.2, 0) is 0 Å². The third-order valence-electron chi connectivity index (χ3n) is 2.64. The van der Waals surface area contributed by atoms with Gasteiger partial charge in [0.1, 0.15) is 0 Å². The van der Waals surface area contributed by atoms with Crippen LogP contribution >= 0.6 is 0 Å². The van der Waals surface area contributed by atoms with E-state index in [9.17, 15) is 9.50 Å². The summed E-state index contributed by atoms with van der Waals surface area (Å²) in [6, 6.07) is 4.59. The van der Waals surface area contributed by atoms with Crippen molar-refractivity contribution >= 4 is 0 Å². The molecule has 90 valence electrons. The molecule has 0 heterocycles. The molecule has 1 aromatic carbocycles. The Hall–Kier alpha value is -1.09. The molecule has 1 rings (SSSR count). The fourth-order valence-corrected chi connectivity index (χ4v) is 1.51. The molecule has 0 aliphatic rings. The van der Waals surface area contributed by atoms with Gasteiger partial charge in [0.15, 0.2) is 11.6 Å². The highest BCUT2D eigenvalue weighted by molar-refractivity contribution is 5.30. The standard InChI is InChI=1S/C13H19FO2/c1-4-11(5-2)16-13-7-6-10(9(3)15)8-12(13)14/h6-9,11,15H,4-5H2,1-3H3/t9-/m1/s1. The average molecular weight is 226 g/mol. The van der Waals surface area contributed by atoms with Crippen molar-refractivity contribution in [1.29, 1.82) is 0 Å². The van der Waals surface area contributed by atoms with Gasteiger partial charge >= 0.3 is 0 Å². The molecule has 16 heavy (non-hydrogen) atoms. The van der Waals surface area contributed by atoms with Crippen LogP contribution in [0.25, 0.3) is 0 Å². The van der Waals surface area contributed by atoms with Gasteiger partial charge in [-0.2, -0.15) is 0 Å². The molecule has 0 bridgehead atoms. The summed E-state index contributed by atoms with van der Waals surface area (Å²) in [7, 11) is 0.